The third kappa shape index (κ3) is 2.84. The third-order valence-corrected chi connectivity index (χ3v) is 6.22. The van der Waals surface area contributed by atoms with Crippen LogP contribution in [-0.4, -0.2) is 37.1 Å². The van der Waals surface area contributed by atoms with Crippen molar-refractivity contribution < 1.29 is 5.11 Å². The van der Waals surface area contributed by atoms with Gasteiger partial charge in [0, 0.05) is 38.4 Å². The van der Waals surface area contributed by atoms with Gasteiger partial charge in [-0.2, -0.15) is 5.26 Å². The topological polar surface area (TPSA) is 82.4 Å². The molecule has 1 aliphatic heterocycles. The second kappa shape index (κ2) is 7.15. The molecule has 30 heavy (non-hydrogen) atoms. The van der Waals surface area contributed by atoms with Gasteiger partial charge in [-0.25, -0.2) is 9.97 Å². The predicted molar refractivity (Wildman–Crippen MR) is 115 cm³/mol. The molecule has 4 aromatic rings. The number of benzene rings is 1. The van der Waals surface area contributed by atoms with Gasteiger partial charge in [0.15, 0.2) is 5.65 Å². The zero-order valence-corrected chi connectivity index (χ0v) is 17.2. The van der Waals surface area contributed by atoms with Crippen LogP contribution in [-0.2, 0) is 7.05 Å². The van der Waals surface area contributed by atoms with E-state index in [1.54, 1.807) is 6.20 Å². The maximum absolute atomic E-state index is 11.0. The molecule has 2 atom stereocenters. The monoisotopic (exact) mass is 400 g/mol. The number of aryl methyl sites for hydroxylation is 2. The van der Waals surface area contributed by atoms with Crippen molar-refractivity contribution in [3.05, 3.63) is 59.7 Å². The highest BCUT2D eigenvalue weighted by Gasteiger charge is 2.30. The standard InChI is InChI=1S/C23H24N6O/c1-15-12-20(29-19-8-4-3-7-18(19)26-22(29)17(15)13-24)28-10-5-6-16(14-28)21(30)23-25-9-11-27(23)2/h3-4,7-9,11-12,16,21,30H,5-6,10,14H2,1-2H3. The molecule has 0 aliphatic carbocycles. The summed E-state index contributed by atoms with van der Waals surface area (Å²) < 4.78 is 3.98. The summed E-state index contributed by atoms with van der Waals surface area (Å²) in [5, 5.41) is 20.7. The summed E-state index contributed by atoms with van der Waals surface area (Å²) in [4.78, 5) is 11.4. The number of hydrogen-bond donors (Lipinski definition) is 1. The lowest BCUT2D eigenvalue weighted by atomic mass is 9.92. The lowest BCUT2D eigenvalue weighted by Gasteiger charge is -2.36. The molecule has 4 heterocycles. The molecule has 1 aliphatic rings. The lowest BCUT2D eigenvalue weighted by molar-refractivity contribution is 0.0873. The number of rotatable bonds is 3. The van der Waals surface area contributed by atoms with E-state index in [2.05, 4.69) is 26.4 Å². The minimum Gasteiger partial charge on any atom is -0.385 e. The Hall–Kier alpha value is -3.37. The number of nitrogens with zero attached hydrogens (tertiary/aromatic N) is 6. The van der Waals surface area contributed by atoms with Crippen molar-refractivity contribution in [2.75, 3.05) is 18.0 Å². The van der Waals surface area contributed by atoms with Gasteiger partial charge in [-0.15, -0.1) is 0 Å². The number of hydrogen-bond acceptors (Lipinski definition) is 5. The Kier molecular flexibility index (Phi) is 4.44. The van der Waals surface area contributed by atoms with Crippen molar-refractivity contribution in [3.63, 3.8) is 0 Å². The fourth-order valence-corrected chi connectivity index (χ4v) is 4.65. The van der Waals surface area contributed by atoms with Crippen LogP contribution in [0.2, 0.25) is 0 Å². The maximum Gasteiger partial charge on any atom is 0.157 e. The Bertz CT molecular complexity index is 1280. The van der Waals surface area contributed by atoms with Gasteiger partial charge in [-0.1, -0.05) is 12.1 Å². The number of nitriles is 1. The Morgan fingerprint density at radius 3 is 2.90 bits per heavy atom. The molecule has 1 fully saturated rings. The van der Waals surface area contributed by atoms with E-state index >= 15 is 0 Å². The van der Waals surface area contributed by atoms with Crippen molar-refractivity contribution in [3.8, 4) is 6.07 Å². The molecule has 0 amide bonds. The molecule has 3 aromatic heterocycles. The fourth-order valence-electron chi connectivity index (χ4n) is 4.65. The SMILES string of the molecule is Cc1cc(N2CCCC(C(O)c3nccn3C)C2)n2c(nc3ccccc32)c1C#N. The van der Waals surface area contributed by atoms with Crippen LogP contribution >= 0.6 is 0 Å². The molecular formula is C23H24N6O. The van der Waals surface area contributed by atoms with Crippen LogP contribution in [0.4, 0.5) is 5.82 Å². The number of para-hydroxylation sites is 2. The number of aliphatic hydroxyl groups is 1. The van der Waals surface area contributed by atoms with E-state index in [1.807, 2.05) is 49.0 Å². The van der Waals surface area contributed by atoms with Crippen LogP contribution in [0.1, 0.15) is 35.9 Å². The molecule has 7 heteroatoms. The molecule has 0 bridgehead atoms. The number of anilines is 1. The summed E-state index contributed by atoms with van der Waals surface area (Å²) in [5.74, 6) is 1.81. The Morgan fingerprint density at radius 2 is 2.13 bits per heavy atom. The average Bonchev–Trinajstić information content (AvgIpc) is 3.36. The quantitative estimate of drug-likeness (QED) is 0.570. The number of aliphatic hydroxyl groups excluding tert-OH is 1. The number of fused-ring (bicyclic) bond motifs is 3. The molecule has 1 N–H and O–H groups in total. The molecule has 5 rings (SSSR count). The highest BCUT2D eigenvalue weighted by molar-refractivity contribution is 5.85. The summed E-state index contributed by atoms with van der Waals surface area (Å²) in [6.45, 7) is 3.59. The Labute approximate surface area is 174 Å². The summed E-state index contributed by atoms with van der Waals surface area (Å²) in [5.41, 5.74) is 4.09. The van der Waals surface area contributed by atoms with Gasteiger partial charge < -0.3 is 14.6 Å². The highest BCUT2D eigenvalue weighted by Crippen LogP contribution is 2.34. The first-order valence-electron chi connectivity index (χ1n) is 10.3. The summed E-state index contributed by atoms with van der Waals surface area (Å²) in [6, 6.07) is 12.4. The minimum atomic E-state index is -0.609. The summed E-state index contributed by atoms with van der Waals surface area (Å²) in [7, 11) is 1.91. The van der Waals surface area contributed by atoms with Crippen LogP contribution in [0.5, 0.6) is 0 Å². The average molecular weight is 400 g/mol. The Morgan fingerprint density at radius 1 is 1.30 bits per heavy atom. The molecule has 0 saturated carbocycles. The van der Waals surface area contributed by atoms with E-state index in [0.717, 1.165) is 48.3 Å². The zero-order valence-electron chi connectivity index (χ0n) is 17.2. The summed E-state index contributed by atoms with van der Waals surface area (Å²) in [6.07, 6.45) is 4.92. The summed E-state index contributed by atoms with van der Waals surface area (Å²) >= 11 is 0. The number of piperidine rings is 1. The van der Waals surface area contributed by atoms with Crippen molar-refractivity contribution in [2.24, 2.45) is 13.0 Å². The van der Waals surface area contributed by atoms with E-state index in [9.17, 15) is 10.4 Å². The molecule has 0 radical (unpaired) electrons. The van der Waals surface area contributed by atoms with Crippen molar-refractivity contribution in [2.45, 2.75) is 25.9 Å². The zero-order chi connectivity index (χ0) is 20.8. The third-order valence-electron chi connectivity index (χ3n) is 6.22. The van der Waals surface area contributed by atoms with Gasteiger partial charge in [-0.3, -0.25) is 4.40 Å². The fraction of sp³-hybridized carbons (Fsp3) is 0.348. The first-order valence-corrected chi connectivity index (χ1v) is 10.3. The van der Waals surface area contributed by atoms with Crippen molar-refractivity contribution in [1.82, 2.24) is 18.9 Å². The molecule has 0 spiro atoms. The van der Waals surface area contributed by atoms with Crippen molar-refractivity contribution in [1.29, 1.82) is 5.26 Å². The molecule has 1 aromatic carbocycles. The van der Waals surface area contributed by atoms with Crippen LogP contribution < -0.4 is 4.90 Å². The molecule has 2 unspecified atom stereocenters. The first kappa shape index (κ1) is 18.6. The normalized spacial score (nSPS) is 18.1. The van der Waals surface area contributed by atoms with Gasteiger partial charge in [0.25, 0.3) is 0 Å². The first-order chi connectivity index (χ1) is 14.6. The van der Waals surface area contributed by atoms with Crippen LogP contribution in [0.25, 0.3) is 16.7 Å². The van der Waals surface area contributed by atoms with Crippen LogP contribution in [0.3, 0.4) is 0 Å². The largest absolute Gasteiger partial charge is 0.385 e. The van der Waals surface area contributed by atoms with E-state index in [-0.39, 0.29) is 5.92 Å². The van der Waals surface area contributed by atoms with Gasteiger partial charge in [0.1, 0.15) is 23.8 Å². The van der Waals surface area contributed by atoms with Gasteiger partial charge in [-0.05, 0) is 43.5 Å². The molecule has 1 saturated heterocycles. The number of pyridine rings is 1. The van der Waals surface area contributed by atoms with Gasteiger partial charge in [0.2, 0.25) is 0 Å². The smallest absolute Gasteiger partial charge is 0.157 e. The van der Waals surface area contributed by atoms with E-state index in [4.69, 9.17) is 4.98 Å². The minimum absolute atomic E-state index is 0.0839. The van der Waals surface area contributed by atoms with Gasteiger partial charge >= 0.3 is 0 Å². The molecule has 7 nitrogen and oxygen atoms in total. The second-order valence-electron chi connectivity index (χ2n) is 8.12. The number of imidazole rings is 2. The van der Waals surface area contributed by atoms with Crippen LogP contribution in [0, 0.1) is 24.2 Å². The second-order valence-corrected chi connectivity index (χ2v) is 8.12. The van der Waals surface area contributed by atoms with E-state index in [0.29, 0.717) is 17.0 Å². The van der Waals surface area contributed by atoms with Crippen LogP contribution in [0.15, 0.2) is 42.7 Å². The predicted octanol–water partition coefficient (Wildman–Crippen LogP) is 3.35. The van der Waals surface area contributed by atoms with Gasteiger partial charge in [0.05, 0.1) is 16.6 Å². The number of aromatic nitrogens is 4. The van der Waals surface area contributed by atoms with E-state index < -0.39 is 6.10 Å². The lowest BCUT2D eigenvalue weighted by Crippen LogP contribution is -2.39. The molecule has 152 valence electrons. The highest BCUT2D eigenvalue weighted by atomic mass is 16.3. The Balaban J connectivity index is 1.61. The van der Waals surface area contributed by atoms with Crippen molar-refractivity contribution >= 4 is 22.5 Å². The maximum atomic E-state index is 11.0. The van der Waals surface area contributed by atoms with E-state index in [1.165, 1.54) is 0 Å². The molecular weight excluding hydrogens is 376 g/mol.